The molecule has 0 N–H and O–H groups in total. The molecule has 0 fully saturated rings. The van der Waals surface area contributed by atoms with Gasteiger partial charge in [0.2, 0.25) is 0 Å². The molecule has 224 valence electrons. The molecule has 0 radical (unpaired) electrons. The molecule has 0 atom stereocenters. The lowest BCUT2D eigenvalue weighted by atomic mass is 10.0. The zero-order valence-electron chi connectivity index (χ0n) is 26.2. The van der Waals surface area contributed by atoms with Gasteiger partial charge in [-0.2, -0.15) is 0 Å². The van der Waals surface area contributed by atoms with E-state index in [-0.39, 0.29) is 0 Å². The fraction of sp³-hybridized carbons (Fsp3) is 0. The Morgan fingerprint density at radius 3 is 1.38 bits per heavy atom. The van der Waals surface area contributed by atoms with Gasteiger partial charge >= 0.3 is 0 Å². The van der Waals surface area contributed by atoms with Crippen molar-refractivity contribution >= 4 is 54.4 Å². The van der Waals surface area contributed by atoms with Crippen molar-refractivity contribution in [3.63, 3.8) is 0 Å². The van der Waals surface area contributed by atoms with Crippen molar-refractivity contribution in [2.24, 2.45) is 0 Å². The molecule has 10 aromatic rings. The summed E-state index contributed by atoms with van der Waals surface area (Å²) >= 11 is 0. The lowest BCUT2D eigenvalue weighted by Crippen LogP contribution is -1.99. The largest absolute Gasteiger partial charge is 0.307 e. The van der Waals surface area contributed by atoms with E-state index in [0.29, 0.717) is 0 Å². The summed E-state index contributed by atoms with van der Waals surface area (Å²) in [6.45, 7) is 0. The monoisotopic (exact) mass is 610 g/mol. The molecule has 0 unspecified atom stereocenters. The Morgan fingerprint density at radius 1 is 0.271 bits per heavy atom. The molecule has 10 rings (SSSR count). The van der Waals surface area contributed by atoms with E-state index in [4.69, 9.17) is 0 Å². The highest BCUT2D eigenvalue weighted by Crippen LogP contribution is 2.42. The minimum Gasteiger partial charge on any atom is -0.307 e. The van der Waals surface area contributed by atoms with E-state index < -0.39 is 0 Å². The van der Waals surface area contributed by atoms with E-state index in [1.807, 2.05) is 0 Å². The van der Waals surface area contributed by atoms with Gasteiger partial charge in [-0.05, 0) is 58.0 Å². The molecule has 0 aliphatic rings. The van der Waals surface area contributed by atoms with Crippen molar-refractivity contribution in [1.82, 2.24) is 9.13 Å². The first-order chi connectivity index (χ1) is 23.8. The van der Waals surface area contributed by atoms with Gasteiger partial charge in [0.25, 0.3) is 0 Å². The van der Waals surface area contributed by atoms with Crippen LogP contribution in [0.5, 0.6) is 0 Å². The van der Waals surface area contributed by atoms with Crippen molar-refractivity contribution in [1.29, 1.82) is 0 Å². The lowest BCUT2D eigenvalue weighted by Gasteiger charge is -2.14. The smallest absolute Gasteiger partial charge is 0.0789 e. The Kier molecular flexibility index (Phi) is 5.91. The summed E-state index contributed by atoms with van der Waals surface area (Å²) in [5.41, 5.74) is 12.1. The van der Waals surface area contributed by atoms with E-state index in [2.05, 4.69) is 191 Å². The molecular weight excluding hydrogens is 581 g/mol. The van der Waals surface area contributed by atoms with Crippen LogP contribution in [0.3, 0.4) is 0 Å². The standard InChI is InChI=1S/C46H30N2/c1-2-11-31(12-3-1)32-21-23-33(24-22-32)34-25-27-36(28-26-34)47-43-18-8-6-16-38(43)40-29-30-41-39-17-7-9-19-44(39)48(46(41)45(40)47)42-20-10-14-35-13-4-5-15-37(35)42/h1-30H. The highest BCUT2D eigenvalue weighted by atomic mass is 15.0. The van der Waals surface area contributed by atoms with Crippen LogP contribution >= 0.6 is 0 Å². The van der Waals surface area contributed by atoms with Crippen molar-refractivity contribution in [3.8, 4) is 33.6 Å². The highest BCUT2D eigenvalue weighted by Gasteiger charge is 2.21. The summed E-state index contributed by atoms with van der Waals surface area (Å²) < 4.78 is 4.96. The zero-order chi connectivity index (χ0) is 31.6. The number of aromatic nitrogens is 2. The van der Waals surface area contributed by atoms with E-state index >= 15 is 0 Å². The Balaban J connectivity index is 1.23. The quantitative estimate of drug-likeness (QED) is 0.188. The third-order valence-corrected chi connectivity index (χ3v) is 9.93. The first kappa shape index (κ1) is 26.8. The second-order valence-electron chi connectivity index (χ2n) is 12.6. The fourth-order valence-electron chi connectivity index (χ4n) is 7.71. The van der Waals surface area contributed by atoms with Crippen LogP contribution in [-0.4, -0.2) is 9.13 Å². The molecule has 0 aliphatic heterocycles. The number of nitrogens with zero attached hydrogens (tertiary/aromatic N) is 2. The van der Waals surface area contributed by atoms with Gasteiger partial charge in [0, 0.05) is 32.6 Å². The van der Waals surface area contributed by atoms with Crippen LogP contribution in [0.25, 0.3) is 88.0 Å². The summed E-state index contributed by atoms with van der Waals surface area (Å²) in [5, 5.41) is 7.50. The molecule has 2 heterocycles. The molecule has 0 amide bonds. The average Bonchev–Trinajstić information content (AvgIpc) is 3.68. The van der Waals surface area contributed by atoms with Gasteiger partial charge in [-0.3, -0.25) is 0 Å². The second-order valence-corrected chi connectivity index (χ2v) is 12.6. The number of rotatable bonds is 4. The summed E-state index contributed by atoms with van der Waals surface area (Å²) in [5.74, 6) is 0. The highest BCUT2D eigenvalue weighted by molar-refractivity contribution is 6.24. The molecule has 8 aromatic carbocycles. The molecule has 0 saturated carbocycles. The van der Waals surface area contributed by atoms with E-state index in [9.17, 15) is 0 Å². The molecule has 0 spiro atoms. The summed E-state index contributed by atoms with van der Waals surface area (Å²) in [4.78, 5) is 0. The predicted octanol–water partition coefficient (Wildman–Crippen LogP) is 12.4. The zero-order valence-corrected chi connectivity index (χ0v) is 26.2. The van der Waals surface area contributed by atoms with Crippen LogP contribution in [0.4, 0.5) is 0 Å². The molecule has 0 bridgehead atoms. The van der Waals surface area contributed by atoms with E-state index in [0.717, 1.165) is 5.69 Å². The molecule has 48 heavy (non-hydrogen) atoms. The molecule has 0 saturated heterocycles. The topological polar surface area (TPSA) is 9.86 Å². The van der Waals surface area contributed by atoms with Gasteiger partial charge in [0.05, 0.1) is 27.8 Å². The van der Waals surface area contributed by atoms with Crippen molar-refractivity contribution in [2.75, 3.05) is 0 Å². The van der Waals surface area contributed by atoms with Crippen molar-refractivity contribution in [2.45, 2.75) is 0 Å². The summed E-state index contributed by atoms with van der Waals surface area (Å²) in [6.07, 6.45) is 0. The molecule has 2 nitrogen and oxygen atoms in total. The lowest BCUT2D eigenvalue weighted by molar-refractivity contribution is 1.16. The van der Waals surface area contributed by atoms with Crippen molar-refractivity contribution < 1.29 is 0 Å². The van der Waals surface area contributed by atoms with Crippen LogP contribution in [-0.2, 0) is 0 Å². The van der Waals surface area contributed by atoms with Crippen LogP contribution in [0, 0.1) is 0 Å². The van der Waals surface area contributed by atoms with E-state index in [1.165, 1.54) is 82.3 Å². The number of hydrogen-bond donors (Lipinski definition) is 0. The van der Waals surface area contributed by atoms with Crippen LogP contribution < -0.4 is 0 Å². The van der Waals surface area contributed by atoms with E-state index in [1.54, 1.807) is 0 Å². The maximum atomic E-state index is 2.49. The second kappa shape index (κ2) is 10.6. The third-order valence-electron chi connectivity index (χ3n) is 9.93. The molecular formula is C46H30N2. The number of para-hydroxylation sites is 2. The minimum atomic E-state index is 1.15. The number of benzene rings is 8. The van der Waals surface area contributed by atoms with Gasteiger partial charge in [0.1, 0.15) is 0 Å². The minimum absolute atomic E-state index is 1.15. The van der Waals surface area contributed by atoms with Gasteiger partial charge in [-0.1, -0.05) is 152 Å². The average molecular weight is 611 g/mol. The van der Waals surface area contributed by atoms with Gasteiger partial charge in [-0.25, -0.2) is 0 Å². The van der Waals surface area contributed by atoms with Crippen molar-refractivity contribution in [3.05, 3.63) is 182 Å². The summed E-state index contributed by atoms with van der Waals surface area (Å²) in [7, 11) is 0. The Hall–Kier alpha value is -6.38. The van der Waals surface area contributed by atoms with Crippen LogP contribution in [0.1, 0.15) is 0 Å². The molecule has 2 aromatic heterocycles. The number of hydrogen-bond acceptors (Lipinski definition) is 0. The van der Waals surface area contributed by atoms with Crippen LogP contribution in [0.15, 0.2) is 182 Å². The first-order valence-electron chi connectivity index (χ1n) is 16.5. The molecule has 2 heteroatoms. The summed E-state index contributed by atoms with van der Waals surface area (Å²) in [6, 6.07) is 66.1. The normalized spacial score (nSPS) is 11.8. The molecule has 0 aliphatic carbocycles. The Labute approximate surface area is 278 Å². The Morgan fingerprint density at radius 2 is 0.729 bits per heavy atom. The predicted molar refractivity (Wildman–Crippen MR) is 203 cm³/mol. The van der Waals surface area contributed by atoms with Crippen LogP contribution in [0.2, 0.25) is 0 Å². The fourth-order valence-corrected chi connectivity index (χ4v) is 7.71. The first-order valence-corrected chi connectivity index (χ1v) is 16.5. The maximum Gasteiger partial charge on any atom is 0.0789 e. The van der Waals surface area contributed by atoms with Gasteiger partial charge in [0.15, 0.2) is 0 Å². The SMILES string of the molecule is c1ccc(-c2ccc(-c3ccc(-n4c5ccccc5c5ccc6c7ccccc7n(-c7cccc8ccccc78)c6c54)cc3)cc2)cc1. The van der Waals surface area contributed by atoms with Gasteiger partial charge in [-0.15, -0.1) is 0 Å². The number of fused-ring (bicyclic) bond motifs is 8. The Bertz CT molecular complexity index is 2790. The maximum absolute atomic E-state index is 2.49. The van der Waals surface area contributed by atoms with Gasteiger partial charge < -0.3 is 9.13 Å². The third kappa shape index (κ3) is 4.00.